The monoisotopic (exact) mass is 663 g/mol. The highest BCUT2D eigenvalue weighted by molar-refractivity contribution is 5.85. The molecule has 8 rings (SSSR count). The average molecular weight is 664 g/mol. The largest absolute Gasteiger partial charge is 0.508 e. The lowest BCUT2D eigenvalue weighted by Crippen LogP contribution is -2.34. The van der Waals surface area contributed by atoms with Gasteiger partial charge in [0.1, 0.15) is 29.5 Å². The first kappa shape index (κ1) is 31.7. The highest BCUT2D eigenvalue weighted by atomic mass is 16.5. The number of aryl methyl sites for hydroxylation is 1. The number of phenolic OH excluding ortho intramolecular Hbond substituents is 2. The van der Waals surface area contributed by atoms with Gasteiger partial charge >= 0.3 is 0 Å². The quantitative estimate of drug-likeness (QED) is 0.192. The minimum absolute atomic E-state index is 0.0154. The Labute approximate surface area is 284 Å². The molecule has 5 N–H and O–H groups in total. The molecule has 3 heterocycles. The molecule has 9 nitrogen and oxygen atoms in total. The average Bonchev–Trinajstić information content (AvgIpc) is 3.59. The number of rotatable bonds is 8. The lowest BCUT2D eigenvalue weighted by atomic mass is 9.72. The summed E-state index contributed by atoms with van der Waals surface area (Å²) in [6, 6.07) is 15.5. The summed E-state index contributed by atoms with van der Waals surface area (Å²) in [5.74, 6) is 1.95. The number of benzene rings is 4. The standard InChI is InChI=1S/C40H41NO8/c1-47-35-17-25(15-23(37(35)46)3-2-12-42)38-34(45)19-32-31-16-24(14-21-4-9-33-22(13-21)10-11-41-33)30-18-26(44)5-7-28(30)36(31)40-29(39(32)49-38)8-6-27(20-43)48-40/h4-5,7,9-10,13,15,17-18,24,27,34,38,42-46H,2-3,6,8,11-12,14,16,19-20H2,1H3/t24-,27+,34+,38+/m0/s1. The molecule has 4 atom stereocenters. The second-order valence-corrected chi connectivity index (χ2v) is 13.6. The molecule has 4 aliphatic rings. The smallest absolute Gasteiger partial charge is 0.161 e. The van der Waals surface area contributed by atoms with E-state index < -0.39 is 12.2 Å². The van der Waals surface area contributed by atoms with Gasteiger partial charge in [-0.15, -0.1) is 0 Å². The molecule has 4 aromatic carbocycles. The zero-order valence-electron chi connectivity index (χ0n) is 27.5. The highest BCUT2D eigenvalue weighted by Crippen LogP contribution is 2.56. The van der Waals surface area contributed by atoms with E-state index in [1.54, 1.807) is 12.1 Å². The number of phenols is 2. The second-order valence-electron chi connectivity index (χ2n) is 13.6. The van der Waals surface area contributed by atoms with Gasteiger partial charge in [-0.2, -0.15) is 0 Å². The van der Waals surface area contributed by atoms with Crippen LogP contribution in [0.1, 0.15) is 63.8 Å². The third kappa shape index (κ3) is 5.50. The normalized spacial score (nSPS) is 21.5. The molecule has 0 aromatic heterocycles. The van der Waals surface area contributed by atoms with E-state index in [2.05, 4.69) is 29.3 Å². The van der Waals surface area contributed by atoms with Crippen LogP contribution in [0.4, 0.5) is 0 Å². The van der Waals surface area contributed by atoms with Gasteiger partial charge in [0.25, 0.3) is 0 Å². The number of methoxy groups -OCH3 is 1. The number of nitrogens with zero attached hydrogens (tertiary/aromatic N) is 1. The van der Waals surface area contributed by atoms with Crippen molar-refractivity contribution in [3.05, 3.63) is 98.1 Å². The Balaban J connectivity index is 1.26. The van der Waals surface area contributed by atoms with Gasteiger partial charge in [-0.3, -0.25) is 4.99 Å². The molecule has 0 unspecified atom stereocenters. The van der Waals surface area contributed by atoms with Crippen LogP contribution >= 0.6 is 0 Å². The Bertz CT molecular complexity index is 2070. The van der Waals surface area contributed by atoms with Crippen molar-refractivity contribution in [1.29, 1.82) is 0 Å². The van der Waals surface area contributed by atoms with E-state index >= 15 is 0 Å². The molecule has 0 bridgehead atoms. The molecule has 9 heteroatoms. The summed E-state index contributed by atoms with van der Waals surface area (Å²) in [6.07, 6.45) is 4.08. The first-order valence-corrected chi connectivity index (χ1v) is 17.2. The van der Waals surface area contributed by atoms with Crippen molar-refractivity contribution >= 4 is 6.08 Å². The Hall–Kier alpha value is -4.57. The van der Waals surface area contributed by atoms with Gasteiger partial charge in [0.15, 0.2) is 11.5 Å². The summed E-state index contributed by atoms with van der Waals surface area (Å²) in [4.78, 5) is 4.55. The van der Waals surface area contributed by atoms with Crippen LogP contribution in [0.5, 0.6) is 28.7 Å². The van der Waals surface area contributed by atoms with E-state index in [1.807, 2.05) is 18.2 Å². The second kappa shape index (κ2) is 12.7. The van der Waals surface area contributed by atoms with E-state index in [9.17, 15) is 25.5 Å². The number of aliphatic hydroxyl groups excluding tert-OH is 3. The van der Waals surface area contributed by atoms with Crippen molar-refractivity contribution in [3.8, 4) is 39.9 Å². The molecule has 3 aliphatic heterocycles. The number of aromatic hydroxyl groups is 2. The van der Waals surface area contributed by atoms with Gasteiger partial charge in [-0.25, -0.2) is 0 Å². The van der Waals surface area contributed by atoms with Crippen LogP contribution in [0.15, 0.2) is 53.5 Å². The Morgan fingerprint density at radius 1 is 0.939 bits per heavy atom. The fourth-order valence-corrected chi connectivity index (χ4v) is 8.25. The lowest BCUT2D eigenvalue weighted by Gasteiger charge is -2.40. The van der Waals surface area contributed by atoms with Crippen LogP contribution < -0.4 is 24.8 Å². The summed E-state index contributed by atoms with van der Waals surface area (Å²) in [5, 5.41) is 55.1. The van der Waals surface area contributed by atoms with Gasteiger partial charge < -0.3 is 39.7 Å². The molecule has 0 amide bonds. The molecule has 0 saturated carbocycles. The minimum Gasteiger partial charge on any atom is -0.508 e. The summed E-state index contributed by atoms with van der Waals surface area (Å²) >= 11 is 0. The number of fused-ring (bicyclic) bond motifs is 9. The molecular weight excluding hydrogens is 622 g/mol. The van der Waals surface area contributed by atoms with E-state index in [-0.39, 0.29) is 42.5 Å². The zero-order valence-corrected chi connectivity index (χ0v) is 27.5. The van der Waals surface area contributed by atoms with Crippen molar-refractivity contribution in [2.24, 2.45) is 4.99 Å². The highest BCUT2D eigenvalue weighted by Gasteiger charge is 2.41. The van der Waals surface area contributed by atoms with Crippen molar-refractivity contribution in [3.63, 3.8) is 0 Å². The number of hydrogen-bond acceptors (Lipinski definition) is 9. The molecule has 1 aliphatic carbocycles. The van der Waals surface area contributed by atoms with E-state index in [4.69, 9.17) is 14.2 Å². The van der Waals surface area contributed by atoms with Crippen LogP contribution in [0.25, 0.3) is 17.2 Å². The van der Waals surface area contributed by atoms with Crippen LogP contribution in [0, 0.1) is 0 Å². The third-order valence-electron chi connectivity index (χ3n) is 10.6. The molecule has 0 spiro atoms. The fraction of sp³-hybridized carbons (Fsp3) is 0.375. The third-order valence-corrected chi connectivity index (χ3v) is 10.6. The van der Waals surface area contributed by atoms with Gasteiger partial charge in [-0.05, 0) is 119 Å². The molecule has 254 valence electrons. The lowest BCUT2D eigenvalue weighted by molar-refractivity contribution is 0.0180. The van der Waals surface area contributed by atoms with Crippen LogP contribution in [-0.2, 0) is 32.1 Å². The number of ether oxygens (including phenoxy) is 3. The molecule has 49 heavy (non-hydrogen) atoms. The summed E-state index contributed by atoms with van der Waals surface area (Å²) in [7, 11) is 1.49. The minimum atomic E-state index is -0.889. The van der Waals surface area contributed by atoms with Gasteiger partial charge in [0.2, 0.25) is 0 Å². The van der Waals surface area contributed by atoms with Crippen molar-refractivity contribution in [2.75, 3.05) is 26.9 Å². The molecule has 0 radical (unpaired) electrons. The van der Waals surface area contributed by atoms with Gasteiger partial charge in [0.05, 0.1) is 31.7 Å². The Morgan fingerprint density at radius 2 is 1.82 bits per heavy atom. The van der Waals surface area contributed by atoms with Crippen LogP contribution in [0.3, 0.4) is 0 Å². The van der Waals surface area contributed by atoms with E-state index in [1.165, 1.54) is 12.7 Å². The maximum Gasteiger partial charge on any atom is 0.161 e. The Morgan fingerprint density at radius 3 is 2.63 bits per heavy atom. The Kier molecular flexibility index (Phi) is 8.22. The van der Waals surface area contributed by atoms with Crippen molar-refractivity contribution in [1.82, 2.24) is 0 Å². The van der Waals surface area contributed by atoms with E-state index in [0.29, 0.717) is 67.7 Å². The first-order chi connectivity index (χ1) is 23.9. The van der Waals surface area contributed by atoms with Gasteiger partial charge in [0, 0.05) is 29.7 Å². The molecular formula is C40H41NO8. The fourth-order valence-electron chi connectivity index (χ4n) is 8.25. The van der Waals surface area contributed by atoms with Crippen LogP contribution in [-0.4, -0.2) is 64.6 Å². The maximum atomic E-state index is 11.8. The number of hydrogen-bond donors (Lipinski definition) is 5. The SMILES string of the molecule is COc1cc([C@H]2Oc3c(c4c(c5c3CC[C@H](CO)O5)-c3ccc(O)cc3[C@@H](Cc3ccc5c(c3)=CCN=5)C4)C[C@H]2O)cc(CCCO)c1O. The predicted octanol–water partition coefficient (Wildman–Crippen LogP) is 3.72. The molecule has 0 saturated heterocycles. The topological polar surface area (TPSA) is 141 Å². The summed E-state index contributed by atoms with van der Waals surface area (Å²) < 4.78 is 18.9. The summed E-state index contributed by atoms with van der Waals surface area (Å²) in [5.41, 5.74) is 8.39. The molecule has 4 aromatic rings. The van der Waals surface area contributed by atoms with E-state index in [0.717, 1.165) is 50.4 Å². The maximum absolute atomic E-state index is 11.8. The van der Waals surface area contributed by atoms with Crippen molar-refractivity contribution in [2.45, 2.75) is 69.2 Å². The predicted molar refractivity (Wildman–Crippen MR) is 183 cm³/mol. The van der Waals surface area contributed by atoms with Crippen molar-refractivity contribution < 1.29 is 39.7 Å². The van der Waals surface area contributed by atoms with Crippen LogP contribution in [0.2, 0.25) is 0 Å². The molecule has 0 fully saturated rings. The first-order valence-electron chi connectivity index (χ1n) is 17.2. The zero-order chi connectivity index (χ0) is 33.8. The van der Waals surface area contributed by atoms with Gasteiger partial charge in [-0.1, -0.05) is 18.2 Å². The number of aliphatic hydroxyl groups is 3. The summed E-state index contributed by atoms with van der Waals surface area (Å²) in [6.45, 7) is 0.575.